The SMILES string of the molecule is FCC(F)(N1C(F)(F)C(F)(F)OC(F)(F)C1(F)F)C(F)(F)F. The van der Waals surface area contributed by atoms with Crippen LogP contribution in [0, 0.1) is 0 Å². The predicted octanol–water partition coefficient (Wildman–Crippen LogP) is 3.89. The van der Waals surface area contributed by atoms with Gasteiger partial charge in [-0.15, -0.1) is 4.90 Å². The fourth-order valence-electron chi connectivity index (χ4n) is 1.43. The second-order valence-corrected chi connectivity index (χ2v) is 3.94. The Balaban J connectivity index is 3.70. The van der Waals surface area contributed by atoms with Crippen LogP contribution in [0.1, 0.15) is 0 Å². The van der Waals surface area contributed by atoms with Crippen molar-refractivity contribution in [1.29, 1.82) is 0 Å². The molecule has 1 fully saturated rings. The standard InChI is InChI=1S/C7H2F13NO/c8-1-2(9,3(10,11)12)21-4(13,14)6(17,18)22-7(19,20)5(21,15)16/h1H2. The zero-order valence-electron chi connectivity index (χ0n) is 9.48. The molecule has 22 heavy (non-hydrogen) atoms. The van der Waals surface area contributed by atoms with Crippen molar-refractivity contribution in [2.45, 2.75) is 36.3 Å². The third kappa shape index (κ3) is 2.19. The van der Waals surface area contributed by atoms with E-state index in [1.165, 1.54) is 0 Å². The van der Waals surface area contributed by atoms with E-state index in [-0.39, 0.29) is 0 Å². The van der Waals surface area contributed by atoms with Crippen LogP contribution < -0.4 is 0 Å². The van der Waals surface area contributed by atoms with Gasteiger partial charge in [0.05, 0.1) is 0 Å². The summed E-state index contributed by atoms with van der Waals surface area (Å²) in [5.41, 5.74) is 0. The van der Waals surface area contributed by atoms with Crippen molar-refractivity contribution in [1.82, 2.24) is 4.90 Å². The Labute approximate surface area is 111 Å². The number of hydrogen-bond donors (Lipinski definition) is 0. The molecule has 0 bridgehead atoms. The van der Waals surface area contributed by atoms with Crippen LogP contribution in [0.4, 0.5) is 57.1 Å². The summed E-state index contributed by atoms with van der Waals surface area (Å²) in [6.07, 6.45) is -20.4. The van der Waals surface area contributed by atoms with Gasteiger partial charge in [0.15, 0.2) is 0 Å². The summed E-state index contributed by atoms with van der Waals surface area (Å²) in [6.45, 7) is -3.80. The minimum Gasteiger partial charge on any atom is -0.246 e. The fourth-order valence-corrected chi connectivity index (χ4v) is 1.43. The Morgan fingerprint density at radius 1 is 0.727 bits per heavy atom. The van der Waals surface area contributed by atoms with Gasteiger partial charge in [0.25, 0.3) is 5.79 Å². The van der Waals surface area contributed by atoms with Gasteiger partial charge in [-0.3, -0.25) is 0 Å². The first-order valence-corrected chi connectivity index (χ1v) is 4.72. The largest absolute Gasteiger partial charge is 0.439 e. The van der Waals surface area contributed by atoms with Crippen molar-refractivity contribution in [3.8, 4) is 0 Å². The minimum atomic E-state index is -6.99. The molecule has 1 rings (SSSR count). The molecule has 1 saturated heterocycles. The van der Waals surface area contributed by atoms with E-state index in [2.05, 4.69) is 0 Å². The van der Waals surface area contributed by atoms with E-state index < -0.39 is 47.9 Å². The molecular formula is C7H2F13NO. The molecule has 1 unspecified atom stereocenters. The van der Waals surface area contributed by atoms with Gasteiger partial charge in [-0.25, -0.2) is 13.5 Å². The number of halogens is 13. The molecule has 0 radical (unpaired) electrons. The molecule has 0 saturated carbocycles. The van der Waals surface area contributed by atoms with Crippen molar-refractivity contribution in [3.63, 3.8) is 0 Å². The Morgan fingerprint density at radius 2 is 1.05 bits per heavy atom. The van der Waals surface area contributed by atoms with Crippen molar-refractivity contribution in [2.75, 3.05) is 6.67 Å². The maximum Gasteiger partial charge on any atom is 0.439 e. The van der Waals surface area contributed by atoms with Crippen LogP contribution in [-0.2, 0) is 4.74 Å². The van der Waals surface area contributed by atoms with Crippen molar-refractivity contribution >= 4 is 0 Å². The molecule has 0 aliphatic carbocycles. The van der Waals surface area contributed by atoms with Crippen molar-refractivity contribution in [2.24, 2.45) is 0 Å². The quantitative estimate of drug-likeness (QED) is 0.545. The molecule has 0 amide bonds. The van der Waals surface area contributed by atoms with Gasteiger partial charge in [0.2, 0.25) is 0 Å². The van der Waals surface area contributed by atoms with Crippen LogP contribution in [0.15, 0.2) is 0 Å². The molecule has 132 valence electrons. The summed E-state index contributed by atoms with van der Waals surface area (Å²) >= 11 is 0. The highest BCUT2D eigenvalue weighted by Crippen LogP contribution is 2.60. The first-order valence-electron chi connectivity index (χ1n) is 4.72. The summed E-state index contributed by atoms with van der Waals surface area (Å²) in [6, 6.07) is -13.9. The molecule has 15 heteroatoms. The van der Waals surface area contributed by atoms with Crippen LogP contribution in [0.5, 0.6) is 0 Å². The van der Waals surface area contributed by atoms with Crippen molar-refractivity contribution < 1.29 is 61.8 Å². The first-order chi connectivity index (χ1) is 9.38. The van der Waals surface area contributed by atoms with Crippen molar-refractivity contribution in [3.05, 3.63) is 0 Å². The van der Waals surface area contributed by atoms with Crippen LogP contribution in [0.2, 0.25) is 0 Å². The molecule has 0 aromatic heterocycles. The second kappa shape index (κ2) is 4.52. The average molecular weight is 363 g/mol. The monoisotopic (exact) mass is 363 g/mol. The van der Waals surface area contributed by atoms with E-state index in [1.807, 2.05) is 4.74 Å². The fraction of sp³-hybridized carbons (Fsp3) is 1.00. The molecule has 1 aliphatic rings. The van der Waals surface area contributed by atoms with Gasteiger partial charge >= 0.3 is 30.5 Å². The number of alkyl halides is 13. The smallest absolute Gasteiger partial charge is 0.246 e. The highest BCUT2D eigenvalue weighted by molar-refractivity contribution is 5.03. The summed E-state index contributed by atoms with van der Waals surface area (Å²) in [5, 5.41) is 0. The Kier molecular flexibility index (Phi) is 3.91. The van der Waals surface area contributed by atoms with Gasteiger partial charge in [-0.05, 0) is 0 Å². The number of ether oxygens (including phenoxy) is 1. The Hall–Kier alpha value is -0.990. The molecule has 0 aromatic carbocycles. The number of morpholine rings is 1. The maximum absolute atomic E-state index is 13.3. The summed E-state index contributed by atoms with van der Waals surface area (Å²) in [7, 11) is 0. The zero-order chi connectivity index (χ0) is 18.0. The number of hydrogen-bond acceptors (Lipinski definition) is 2. The summed E-state index contributed by atoms with van der Waals surface area (Å²) < 4.78 is 167. The van der Waals surface area contributed by atoms with E-state index in [4.69, 9.17) is 0 Å². The normalized spacial score (nSPS) is 29.9. The molecular weight excluding hydrogens is 361 g/mol. The van der Waals surface area contributed by atoms with Crippen LogP contribution in [0.3, 0.4) is 0 Å². The maximum atomic E-state index is 13.3. The first kappa shape index (κ1) is 19.1. The predicted molar refractivity (Wildman–Crippen MR) is 38.6 cm³/mol. The van der Waals surface area contributed by atoms with Gasteiger partial charge in [-0.2, -0.15) is 48.3 Å². The minimum absolute atomic E-state index is 1.81. The number of nitrogens with zero attached hydrogens (tertiary/aromatic N) is 1. The zero-order valence-corrected chi connectivity index (χ0v) is 9.48. The van der Waals surface area contributed by atoms with Gasteiger partial charge in [0.1, 0.15) is 6.67 Å². The third-order valence-electron chi connectivity index (χ3n) is 2.48. The summed E-state index contributed by atoms with van der Waals surface area (Å²) in [5.74, 6) is -6.54. The molecule has 1 atom stereocenters. The highest BCUT2D eigenvalue weighted by atomic mass is 19.4. The lowest BCUT2D eigenvalue weighted by molar-refractivity contribution is -0.587. The third-order valence-corrected chi connectivity index (χ3v) is 2.48. The Morgan fingerprint density at radius 3 is 1.27 bits per heavy atom. The topological polar surface area (TPSA) is 12.5 Å². The van der Waals surface area contributed by atoms with Crippen LogP contribution in [0.25, 0.3) is 0 Å². The lowest BCUT2D eigenvalue weighted by Gasteiger charge is -2.51. The van der Waals surface area contributed by atoms with E-state index in [0.29, 0.717) is 0 Å². The molecule has 0 spiro atoms. The second-order valence-electron chi connectivity index (χ2n) is 3.94. The van der Waals surface area contributed by atoms with Crippen LogP contribution >= 0.6 is 0 Å². The molecule has 2 nitrogen and oxygen atoms in total. The average Bonchev–Trinajstić information content (AvgIpc) is 2.23. The number of rotatable bonds is 2. The van der Waals surface area contributed by atoms with Gasteiger partial charge in [-0.1, -0.05) is 0 Å². The lowest BCUT2D eigenvalue weighted by Crippen LogP contribution is -2.80. The molecule has 0 N–H and O–H groups in total. The lowest BCUT2D eigenvalue weighted by atomic mass is 10.1. The molecule has 0 aromatic rings. The van der Waals surface area contributed by atoms with Gasteiger partial charge in [0, 0.05) is 0 Å². The summed E-state index contributed by atoms with van der Waals surface area (Å²) in [4.78, 5) is -3.56. The van der Waals surface area contributed by atoms with E-state index in [0.717, 1.165) is 0 Å². The van der Waals surface area contributed by atoms with E-state index >= 15 is 0 Å². The van der Waals surface area contributed by atoms with Gasteiger partial charge < -0.3 is 0 Å². The molecule has 1 heterocycles. The molecule has 1 aliphatic heterocycles. The highest BCUT2D eigenvalue weighted by Gasteiger charge is 2.89. The van der Waals surface area contributed by atoms with E-state index in [1.54, 1.807) is 0 Å². The van der Waals surface area contributed by atoms with E-state index in [9.17, 15) is 57.1 Å². The Bertz CT molecular complexity index is 418. The van der Waals surface area contributed by atoms with Crippen LogP contribution in [-0.4, -0.2) is 47.9 Å².